The molecule has 0 amide bonds. The zero-order chi connectivity index (χ0) is 69.1. The Bertz CT molecular complexity index is 6900. The highest BCUT2D eigenvalue weighted by atomic mass is 15.0. The van der Waals surface area contributed by atoms with E-state index in [0.29, 0.717) is 5.56 Å². The predicted molar refractivity (Wildman–Crippen MR) is 412 cm³/mol. The van der Waals surface area contributed by atoms with Gasteiger partial charge in [-0.3, -0.25) is 0 Å². The molecule has 0 saturated carbocycles. The lowest BCUT2D eigenvalue weighted by Crippen LogP contribution is -1.94. The Balaban J connectivity index is 0.000000142. The van der Waals surface area contributed by atoms with Crippen LogP contribution in [0.4, 0.5) is 0 Å². The number of fused-ring (bicyclic) bond motifs is 14. The van der Waals surface area contributed by atoms with Crippen LogP contribution in [0.15, 0.2) is 358 Å². The molecule has 0 spiro atoms. The van der Waals surface area contributed by atoms with Crippen molar-refractivity contribution in [2.75, 3.05) is 0 Å². The van der Waals surface area contributed by atoms with Crippen LogP contribution >= 0.6 is 0 Å². The first-order valence-corrected chi connectivity index (χ1v) is 33.0. The van der Waals surface area contributed by atoms with Crippen LogP contribution in [0.3, 0.4) is 0 Å². The van der Waals surface area contributed by atoms with Crippen molar-refractivity contribution >= 4 is 109 Å². The largest absolute Gasteiger partial charge is 0.309 e. The molecular formula is C93H59N5. The van der Waals surface area contributed by atoms with E-state index in [2.05, 4.69) is 287 Å². The van der Waals surface area contributed by atoms with Crippen molar-refractivity contribution in [3.8, 4) is 73.3 Å². The highest BCUT2D eigenvalue weighted by molar-refractivity contribution is 6.14. The summed E-state index contributed by atoms with van der Waals surface area (Å²) in [6, 6.07) is 117. The van der Waals surface area contributed by atoms with Crippen LogP contribution in [0.2, 0.25) is 0 Å². The van der Waals surface area contributed by atoms with Crippen LogP contribution in [0.25, 0.3) is 176 Å². The molecule has 5 heteroatoms. The molecule has 0 aliphatic carbocycles. The van der Waals surface area contributed by atoms with Gasteiger partial charge < -0.3 is 18.3 Å². The predicted octanol–water partition coefficient (Wildman–Crippen LogP) is 24.6. The summed E-state index contributed by atoms with van der Waals surface area (Å²) in [6.07, 6.45) is 0. The highest BCUT2D eigenvalue weighted by Crippen LogP contribution is 2.42. The van der Waals surface area contributed by atoms with E-state index in [9.17, 15) is 5.26 Å². The van der Waals surface area contributed by atoms with Crippen molar-refractivity contribution < 1.29 is 6.85 Å². The van der Waals surface area contributed by atoms with Crippen LogP contribution in [0.5, 0.6) is 0 Å². The van der Waals surface area contributed by atoms with Crippen molar-refractivity contribution in [1.82, 2.24) is 18.3 Å². The van der Waals surface area contributed by atoms with Gasteiger partial charge in [-0.15, -0.1) is 0 Å². The zero-order valence-electron chi connectivity index (χ0n) is 57.9. The summed E-state index contributed by atoms with van der Waals surface area (Å²) in [5.41, 5.74) is 21.8. The molecule has 20 rings (SSSR count). The molecule has 0 aliphatic rings. The van der Waals surface area contributed by atoms with Crippen molar-refractivity contribution in [3.05, 3.63) is 363 Å². The molecule has 98 heavy (non-hydrogen) atoms. The third-order valence-electron chi connectivity index (χ3n) is 19.7. The van der Waals surface area contributed by atoms with Crippen LogP contribution in [0, 0.1) is 11.3 Å². The summed E-state index contributed by atoms with van der Waals surface area (Å²) < 4.78 is 50.9. The molecule has 0 bridgehead atoms. The number of rotatable bonds is 8. The van der Waals surface area contributed by atoms with Gasteiger partial charge in [-0.1, -0.05) is 237 Å². The fourth-order valence-corrected chi connectivity index (χ4v) is 15.1. The first-order chi connectivity index (χ1) is 50.6. The van der Waals surface area contributed by atoms with Gasteiger partial charge in [-0.05, 0) is 187 Å². The normalized spacial score (nSPS) is 12.4. The number of para-hydroxylation sites is 5. The van der Waals surface area contributed by atoms with E-state index in [1.165, 1.54) is 98.4 Å². The minimum atomic E-state index is -0.400. The van der Waals surface area contributed by atoms with Crippen molar-refractivity contribution in [3.63, 3.8) is 0 Å². The van der Waals surface area contributed by atoms with Gasteiger partial charge in [0.05, 0.1) is 62.6 Å². The Kier molecular flexibility index (Phi) is 12.0. The van der Waals surface area contributed by atoms with Crippen molar-refractivity contribution in [2.24, 2.45) is 0 Å². The Morgan fingerprint density at radius 1 is 0.214 bits per heavy atom. The summed E-state index contributed by atoms with van der Waals surface area (Å²) in [5.74, 6) is 0. The van der Waals surface area contributed by atoms with Crippen molar-refractivity contribution in [2.45, 2.75) is 0 Å². The number of aromatic nitrogens is 4. The molecule has 0 unspecified atom stereocenters. The van der Waals surface area contributed by atoms with E-state index in [1.54, 1.807) is 4.57 Å². The highest BCUT2D eigenvalue weighted by Gasteiger charge is 2.19. The molecule has 0 N–H and O–H groups in total. The number of benzene rings is 16. The lowest BCUT2D eigenvalue weighted by molar-refractivity contribution is 1.18. The second kappa shape index (κ2) is 23.0. The number of nitriles is 1. The minimum absolute atomic E-state index is 0.149. The molecule has 4 heterocycles. The van der Waals surface area contributed by atoms with Gasteiger partial charge in [0.2, 0.25) is 0 Å². The lowest BCUT2D eigenvalue weighted by atomic mass is 9.98. The third kappa shape index (κ3) is 9.38. The van der Waals surface area contributed by atoms with Crippen LogP contribution in [-0.2, 0) is 0 Å². The maximum atomic E-state index is 9.32. The Morgan fingerprint density at radius 2 is 0.520 bits per heavy atom. The molecule has 0 saturated heterocycles. The number of hydrogen-bond donors (Lipinski definition) is 0. The van der Waals surface area contributed by atoms with E-state index in [-0.39, 0.29) is 29.9 Å². The van der Waals surface area contributed by atoms with Gasteiger partial charge in [-0.2, -0.15) is 5.26 Å². The average molecular weight is 1250 g/mol. The Hall–Kier alpha value is -13.3. The SMILES string of the molecule is N#Cc1ccc(-n2c3ccccc3c3cc(-c4ccc(-c5ccc6c7ccccc7n(-c7ccc8ccccc8c7)c6c5)cc4)ccc32)cc1.[2H]c1c([2H])c([2H])c(-n2c3ccccc3c3cc(-c4ccc(-c5ccc6c7ccccc7n(-c7ccc8ccccc8c7)c6c5)cc4)ccc32)c([2H])c1[2H]. The molecule has 456 valence electrons. The fraction of sp³-hybridized carbons (Fsp3) is 0. The monoisotopic (exact) mass is 1250 g/mol. The molecule has 5 nitrogen and oxygen atoms in total. The molecule has 0 fully saturated rings. The number of hydrogen-bond acceptors (Lipinski definition) is 1. The minimum Gasteiger partial charge on any atom is -0.309 e. The second-order valence-corrected chi connectivity index (χ2v) is 25.2. The van der Waals surface area contributed by atoms with Crippen LogP contribution in [-0.4, -0.2) is 18.3 Å². The van der Waals surface area contributed by atoms with Gasteiger partial charge >= 0.3 is 0 Å². The molecule has 4 aromatic heterocycles. The van der Waals surface area contributed by atoms with Crippen molar-refractivity contribution in [1.29, 1.82) is 5.26 Å². The summed E-state index contributed by atoms with van der Waals surface area (Å²) in [6.45, 7) is 0. The Morgan fingerprint density at radius 3 is 0.939 bits per heavy atom. The van der Waals surface area contributed by atoms with E-state index in [4.69, 9.17) is 6.85 Å². The van der Waals surface area contributed by atoms with E-state index in [1.807, 2.05) is 60.7 Å². The van der Waals surface area contributed by atoms with Crippen LogP contribution in [0.1, 0.15) is 12.4 Å². The molecule has 0 radical (unpaired) electrons. The van der Waals surface area contributed by atoms with Gasteiger partial charge in [0.15, 0.2) is 0 Å². The molecule has 0 aliphatic heterocycles. The third-order valence-corrected chi connectivity index (χ3v) is 19.7. The standard InChI is InChI=1S/C47H29N3.C46H30N2/c48-30-31-13-22-38(23-14-31)49-45-12-6-4-10-41(45)43-28-36(21-26-46(43)49)33-15-17-34(18-16-33)37-20-25-42-40-9-3-5-11-44(40)50(47(42)29-37)39-24-19-32-7-1-2-8-35(32)27-39;1-2-12-37(13-3-1)47-44-17-9-7-15-40(44)42-29-35(24-27-45(42)47)32-18-20-33(21-19-32)36-23-26-41-39-14-6-8-16-43(39)48(46(41)30-36)38-25-22-31-10-4-5-11-34(31)28-38/h1-29H;1-30H/i;1D,2D,3D,12D,13D. The van der Waals surface area contributed by atoms with Gasteiger partial charge in [0.1, 0.15) is 0 Å². The van der Waals surface area contributed by atoms with Gasteiger partial charge in [0, 0.05) is 65.8 Å². The summed E-state index contributed by atoms with van der Waals surface area (Å²) in [7, 11) is 0. The quantitative estimate of drug-likeness (QED) is 0.150. The topological polar surface area (TPSA) is 43.5 Å². The molecule has 0 atom stereocenters. The zero-order valence-corrected chi connectivity index (χ0v) is 52.9. The summed E-state index contributed by atoms with van der Waals surface area (Å²) in [4.78, 5) is 0. The molecule has 16 aromatic carbocycles. The maximum Gasteiger partial charge on any atom is 0.0991 e. The van der Waals surface area contributed by atoms with E-state index in [0.717, 1.165) is 72.0 Å². The first-order valence-electron chi connectivity index (χ1n) is 35.5. The smallest absolute Gasteiger partial charge is 0.0991 e. The molecular weight excluding hydrogens is 1190 g/mol. The molecule has 20 aromatic rings. The maximum absolute atomic E-state index is 9.32. The average Bonchev–Trinajstić information content (AvgIpc) is 1.60. The van der Waals surface area contributed by atoms with Crippen LogP contribution < -0.4 is 0 Å². The van der Waals surface area contributed by atoms with Gasteiger partial charge in [0.25, 0.3) is 0 Å². The summed E-state index contributed by atoms with van der Waals surface area (Å²) in [5, 5.41) is 23.5. The first kappa shape index (κ1) is 51.2. The van der Waals surface area contributed by atoms with E-state index >= 15 is 0 Å². The fourth-order valence-electron chi connectivity index (χ4n) is 15.1. The Labute approximate surface area is 572 Å². The van der Waals surface area contributed by atoms with E-state index < -0.39 is 6.04 Å². The second-order valence-electron chi connectivity index (χ2n) is 25.2. The lowest BCUT2D eigenvalue weighted by Gasteiger charge is -2.11. The van der Waals surface area contributed by atoms with Gasteiger partial charge in [-0.25, -0.2) is 0 Å². The number of nitrogens with zero attached hydrogens (tertiary/aromatic N) is 5. The summed E-state index contributed by atoms with van der Waals surface area (Å²) >= 11 is 0.